The Bertz CT molecular complexity index is 3410. The molecule has 0 aliphatic heterocycles. The van der Waals surface area contributed by atoms with Gasteiger partial charge >= 0.3 is 24.0 Å². The number of anilines is 2. The van der Waals surface area contributed by atoms with E-state index in [0.717, 1.165) is 54.0 Å². The number of sulfonamides is 2. The standard InChI is InChI=1S/C23H28N6O10S2.C17H18N6O8S2.C9H18O2/c1-23(2,3)39-22(33)27-21(24)26-17(30)10-9-14(20(32)38-4)25-19(31)18-13(11-12-40-18)28-41(36,37)16-8-6-5-7-15(16)29(34)35;18-17(19)21-13(24)6-5-10(16(26)27)20-15(25)14-9(7-8-32-14)22-33(30,31)12-4-2-1-3-11(12)23(28)29;1-8(2,3)7(10)11-9(4,5)6/h5-8,11-12,14,28H,9-10H2,1-4H3,(H,25,31)(H3,24,26,27,30,33);1-4,7-8,10,22H,5-6H2,(H,20,25)(H,26,27)(H4,18,19,21,24);1-6H3/t14-;10-;/m00./s1. The van der Waals surface area contributed by atoms with Gasteiger partial charge in [-0.2, -0.15) is 4.99 Å². The summed E-state index contributed by atoms with van der Waals surface area (Å²) in [6.45, 7) is 16.0. The molecule has 4 rings (SSSR count). The number of amides is 5. The highest BCUT2D eigenvalue weighted by molar-refractivity contribution is 7.93. The van der Waals surface area contributed by atoms with Crippen LogP contribution in [0.25, 0.3) is 0 Å². The summed E-state index contributed by atoms with van der Waals surface area (Å²) < 4.78 is 70.2. The van der Waals surface area contributed by atoms with E-state index in [0.29, 0.717) is 0 Å². The van der Waals surface area contributed by atoms with Gasteiger partial charge in [0.2, 0.25) is 17.8 Å². The van der Waals surface area contributed by atoms with E-state index in [1.165, 1.54) is 47.2 Å². The van der Waals surface area contributed by atoms with Crippen LogP contribution < -0.4 is 42.2 Å². The third-order valence-corrected chi connectivity index (χ3v) is 14.4. The molecule has 0 fully saturated rings. The molecule has 0 aliphatic carbocycles. The van der Waals surface area contributed by atoms with Gasteiger partial charge < -0.3 is 41.4 Å². The van der Waals surface area contributed by atoms with Crippen LogP contribution in [0.3, 0.4) is 0 Å². The van der Waals surface area contributed by atoms with Crippen molar-refractivity contribution in [2.24, 2.45) is 21.9 Å². The number of ether oxygens (including phenoxy) is 3. The summed E-state index contributed by atoms with van der Waals surface area (Å²) in [7, 11) is -7.89. The third kappa shape index (κ3) is 24.7. The minimum Gasteiger partial charge on any atom is -0.480 e. The normalized spacial score (nSPS) is 12.0. The van der Waals surface area contributed by atoms with E-state index >= 15 is 0 Å². The molecule has 4 aromatic rings. The van der Waals surface area contributed by atoms with Crippen molar-refractivity contribution in [3.8, 4) is 0 Å². The Balaban J connectivity index is 0.000000500. The van der Waals surface area contributed by atoms with Crippen LogP contribution in [0.1, 0.15) is 107 Å². The third-order valence-electron chi connectivity index (χ3n) is 9.79. The predicted octanol–water partition coefficient (Wildman–Crippen LogP) is 4.68. The maximum atomic E-state index is 13.0. The van der Waals surface area contributed by atoms with Gasteiger partial charge in [0.25, 0.3) is 43.2 Å². The maximum absolute atomic E-state index is 13.0. The Hall–Kier alpha value is -9.16. The number of alkyl carbamates (subject to hydrolysis) is 1. The lowest BCUT2D eigenvalue weighted by atomic mass is 9.97. The number of hydrogen-bond acceptors (Lipinski definition) is 22. The number of hydrogen-bond donors (Lipinski definition) is 10. The molecule has 464 valence electrons. The molecule has 5 amide bonds. The molecule has 0 saturated carbocycles. The molecule has 0 spiro atoms. The van der Waals surface area contributed by atoms with Gasteiger partial charge in [-0.25, -0.2) is 31.2 Å². The van der Waals surface area contributed by atoms with E-state index in [2.05, 4.69) is 35.1 Å². The van der Waals surface area contributed by atoms with Crippen LogP contribution in [0.5, 0.6) is 0 Å². The fraction of sp³-hybridized carbons (Fsp3) is 0.388. The van der Waals surface area contributed by atoms with E-state index in [1.54, 1.807) is 20.8 Å². The molecular formula is C49H64N12O20S4. The fourth-order valence-electron chi connectivity index (χ4n) is 6.11. The molecule has 12 N–H and O–H groups in total. The van der Waals surface area contributed by atoms with Crippen LogP contribution in [0.2, 0.25) is 0 Å². The van der Waals surface area contributed by atoms with Crippen molar-refractivity contribution in [2.75, 3.05) is 16.6 Å². The van der Waals surface area contributed by atoms with E-state index < -0.39 is 128 Å². The smallest absolute Gasteiger partial charge is 0.414 e. The molecule has 2 aromatic carbocycles. The minimum absolute atomic E-state index is 0.148. The lowest BCUT2D eigenvalue weighted by molar-refractivity contribution is -0.388. The Morgan fingerprint density at radius 2 is 1.09 bits per heavy atom. The average molecular weight is 1270 g/mol. The number of aliphatic carboxylic acids is 1. The van der Waals surface area contributed by atoms with Crippen molar-refractivity contribution in [1.82, 2.24) is 21.3 Å². The van der Waals surface area contributed by atoms with E-state index in [1.807, 2.05) is 46.9 Å². The molecule has 2 aromatic heterocycles. The number of carbonyl (C=O) groups is 8. The number of nitrogens with zero attached hydrogens (tertiary/aromatic N) is 3. The molecule has 0 unspecified atom stereocenters. The second kappa shape index (κ2) is 30.9. The molecule has 2 heterocycles. The van der Waals surface area contributed by atoms with Crippen LogP contribution in [0.4, 0.5) is 27.5 Å². The van der Waals surface area contributed by atoms with Gasteiger partial charge in [0.15, 0.2) is 15.8 Å². The number of aliphatic imine (C=N–C) groups is 1. The number of rotatable bonds is 20. The predicted molar refractivity (Wildman–Crippen MR) is 308 cm³/mol. The number of benzene rings is 2. The van der Waals surface area contributed by atoms with Crippen molar-refractivity contribution in [3.63, 3.8) is 0 Å². The van der Waals surface area contributed by atoms with Crippen molar-refractivity contribution < 1.29 is 84.4 Å². The first-order chi connectivity index (χ1) is 39.1. The second-order valence-electron chi connectivity index (χ2n) is 20.2. The first-order valence-electron chi connectivity index (χ1n) is 24.4. The lowest BCUT2D eigenvalue weighted by Crippen LogP contribution is -2.46. The molecular weight excluding hydrogens is 1200 g/mol. The number of nitrogens with one attached hydrogen (secondary N) is 7. The molecule has 85 heavy (non-hydrogen) atoms. The van der Waals surface area contributed by atoms with Gasteiger partial charge in [-0.05, 0) is 110 Å². The number of nitro benzene ring substituents is 2. The highest BCUT2D eigenvalue weighted by atomic mass is 32.2. The minimum atomic E-state index is -4.48. The SMILES string of the molecule is CC(C)(C)OC(=O)C(C)(C)C.COC(=O)[C@H](CCC(=O)NC(=N)NC(=O)OC(C)(C)C)NC(=O)c1sccc1NS(=O)(=O)c1ccccc1[N+](=O)[O-].NC(N)=NC(=O)CC[C@H](NC(=O)c1sccc1NS(=O)(=O)c1ccccc1[N+](=O)[O-])C(=O)O. The zero-order chi connectivity index (χ0) is 65.0. The van der Waals surface area contributed by atoms with Crippen LogP contribution in [0, 0.1) is 31.1 Å². The summed E-state index contributed by atoms with van der Waals surface area (Å²) in [4.78, 5) is 118. The monoisotopic (exact) mass is 1270 g/mol. The zero-order valence-electron chi connectivity index (χ0n) is 47.2. The molecule has 0 aliphatic rings. The highest BCUT2D eigenvalue weighted by Gasteiger charge is 2.32. The first kappa shape index (κ1) is 71.9. The van der Waals surface area contributed by atoms with E-state index in [9.17, 15) is 80.5 Å². The van der Waals surface area contributed by atoms with Gasteiger partial charge in [0.05, 0.1) is 33.7 Å². The number of nitro groups is 2. The Kier molecular flexibility index (Phi) is 26.2. The average Bonchev–Trinajstić information content (AvgIpc) is 3.91. The highest BCUT2D eigenvalue weighted by Crippen LogP contribution is 2.31. The summed E-state index contributed by atoms with van der Waals surface area (Å²) >= 11 is 1.63. The van der Waals surface area contributed by atoms with Crippen LogP contribution in [-0.4, -0.2) is 122 Å². The van der Waals surface area contributed by atoms with Crippen molar-refractivity contribution in [1.29, 1.82) is 5.41 Å². The number of carbonyl (C=O) groups excluding carboxylic acids is 7. The number of guanidine groups is 2. The number of para-hydroxylation sites is 2. The largest absolute Gasteiger partial charge is 0.480 e. The molecule has 0 radical (unpaired) electrons. The fourth-order valence-corrected chi connectivity index (χ4v) is 10.2. The van der Waals surface area contributed by atoms with Crippen molar-refractivity contribution in [2.45, 2.75) is 121 Å². The number of nitrogens with two attached hydrogens (primary N) is 2. The Morgan fingerprint density at radius 3 is 1.47 bits per heavy atom. The Morgan fingerprint density at radius 1 is 0.671 bits per heavy atom. The number of carboxylic acid groups (broad SMARTS) is 1. The molecule has 36 heteroatoms. The summed E-state index contributed by atoms with van der Waals surface area (Å²) in [6.07, 6.45) is -2.35. The Labute approximate surface area is 494 Å². The molecule has 2 atom stereocenters. The van der Waals surface area contributed by atoms with Gasteiger partial charge in [0.1, 0.15) is 33.0 Å². The summed E-state index contributed by atoms with van der Waals surface area (Å²) in [5.74, 6) is -7.06. The van der Waals surface area contributed by atoms with E-state index in [4.69, 9.17) is 26.4 Å². The number of methoxy groups -OCH3 is 1. The molecule has 0 bridgehead atoms. The van der Waals surface area contributed by atoms with Crippen LogP contribution in [-0.2, 0) is 58.2 Å². The first-order valence-corrected chi connectivity index (χ1v) is 29.2. The lowest BCUT2D eigenvalue weighted by Gasteiger charge is -2.25. The quantitative estimate of drug-likeness (QED) is 0.0143. The summed E-state index contributed by atoms with van der Waals surface area (Å²) in [5, 5.41) is 50.8. The van der Waals surface area contributed by atoms with Gasteiger partial charge in [0, 0.05) is 25.0 Å². The molecule has 32 nitrogen and oxygen atoms in total. The summed E-state index contributed by atoms with van der Waals surface area (Å²) in [5.41, 5.74) is 6.80. The maximum Gasteiger partial charge on any atom is 0.414 e. The number of thiophene rings is 2. The zero-order valence-corrected chi connectivity index (χ0v) is 50.5. The molecule has 0 saturated heterocycles. The topological polar surface area (TPSA) is 499 Å². The van der Waals surface area contributed by atoms with Crippen molar-refractivity contribution >= 4 is 125 Å². The summed E-state index contributed by atoms with van der Waals surface area (Å²) in [6, 6.07) is 8.93. The number of carboxylic acids is 1. The second-order valence-corrected chi connectivity index (χ2v) is 25.3. The van der Waals surface area contributed by atoms with Gasteiger partial charge in [-0.3, -0.25) is 69.7 Å². The van der Waals surface area contributed by atoms with Crippen molar-refractivity contribution in [3.05, 3.63) is 101 Å². The van der Waals surface area contributed by atoms with Crippen LogP contribution >= 0.6 is 22.7 Å². The van der Waals surface area contributed by atoms with Crippen LogP contribution in [0.15, 0.2) is 86.2 Å². The number of esters is 2. The van der Waals surface area contributed by atoms with E-state index in [-0.39, 0.29) is 58.4 Å². The van der Waals surface area contributed by atoms with Gasteiger partial charge in [-0.15, -0.1) is 22.7 Å². The van der Waals surface area contributed by atoms with Gasteiger partial charge in [-0.1, -0.05) is 24.3 Å².